The minimum Gasteiger partial charge on any atom is -0.336 e. The molecule has 1 heterocycles. The fourth-order valence-corrected chi connectivity index (χ4v) is 2.66. The first kappa shape index (κ1) is 15.4. The minimum atomic E-state index is -0.442. The van der Waals surface area contributed by atoms with Gasteiger partial charge in [0.15, 0.2) is 0 Å². The van der Waals surface area contributed by atoms with E-state index < -0.39 is 4.92 Å². The summed E-state index contributed by atoms with van der Waals surface area (Å²) in [5, 5.41) is 11.0. The molecule has 1 fully saturated rings. The van der Waals surface area contributed by atoms with E-state index in [1.165, 1.54) is 6.07 Å². The number of nitro groups is 1. The van der Waals surface area contributed by atoms with Crippen LogP contribution in [0.1, 0.15) is 29.8 Å². The Morgan fingerprint density at radius 3 is 2.38 bits per heavy atom. The van der Waals surface area contributed by atoms with Gasteiger partial charge in [-0.3, -0.25) is 19.8 Å². The van der Waals surface area contributed by atoms with Crippen molar-refractivity contribution >= 4 is 11.6 Å². The van der Waals surface area contributed by atoms with Gasteiger partial charge in [-0.2, -0.15) is 0 Å². The fraction of sp³-hybridized carbons (Fsp3) is 0.533. The molecule has 2 rings (SSSR count). The minimum absolute atomic E-state index is 0.00154. The van der Waals surface area contributed by atoms with Gasteiger partial charge >= 0.3 is 0 Å². The van der Waals surface area contributed by atoms with Crippen LogP contribution in [-0.4, -0.2) is 52.9 Å². The molecule has 1 aliphatic heterocycles. The number of rotatable bonds is 3. The Hall–Kier alpha value is -1.95. The van der Waals surface area contributed by atoms with Crippen LogP contribution in [0.5, 0.6) is 0 Å². The third-order valence-corrected chi connectivity index (χ3v) is 4.06. The van der Waals surface area contributed by atoms with Crippen molar-refractivity contribution in [3.05, 3.63) is 39.4 Å². The van der Waals surface area contributed by atoms with Gasteiger partial charge < -0.3 is 4.90 Å². The van der Waals surface area contributed by atoms with Gasteiger partial charge in [-0.15, -0.1) is 0 Å². The maximum atomic E-state index is 12.6. The molecule has 0 radical (unpaired) electrons. The number of nitro benzene ring substituents is 1. The summed E-state index contributed by atoms with van der Waals surface area (Å²) in [6.07, 6.45) is 0. The van der Waals surface area contributed by atoms with Crippen molar-refractivity contribution < 1.29 is 9.72 Å². The summed E-state index contributed by atoms with van der Waals surface area (Å²) in [7, 11) is 0. The van der Waals surface area contributed by atoms with Gasteiger partial charge in [0.25, 0.3) is 11.6 Å². The molecule has 0 N–H and O–H groups in total. The van der Waals surface area contributed by atoms with Crippen LogP contribution in [0.2, 0.25) is 0 Å². The number of nitrogens with zero attached hydrogens (tertiary/aromatic N) is 3. The molecule has 114 valence electrons. The van der Waals surface area contributed by atoms with Crippen molar-refractivity contribution in [1.29, 1.82) is 0 Å². The molecule has 0 atom stereocenters. The summed E-state index contributed by atoms with van der Waals surface area (Å²) >= 11 is 0. The second-order valence-corrected chi connectivity index (χ2v) is 5.63. The van der Waals surface area contributed by atoms with E-state index in [9.17, 15) is 14.9 Å². The first-order chi connectivity index (χ1) is 9.91. The third kappa shape index (κ3) is 3.21. The van der Waals surface area contributed by atoms with E-state index >= 15 is 0 Å². The van der Waals surface area contributed by atoms with Crippen LogP contribution in [0.15, 0.2) is 18.2 Å². The lowest BCUT2D eigenvalue weighted by Crippen LogP contribution is -2.50. The Kier molecular flexibility index (Phi) is 4.57. The number of carbonyl (C=O) groups is 1. The first-order valence-corrected chi connectivity index (χ1v) is 7.19. The van der Waals surface area contributed by atoms with E-state index in [2.05, 4.69) is 18.7 Å². The van der Waals surface area contributed by atoms with Crippen molar-refractivity contribution in [1.82, 2.24) is 9.80 Å². The first-order valence-electron chi connectivity index (χ1n) is 7.19. The molecule has 1 saturated heterocycles. The summed E-state index contributed by atoms with van der Waals surface area (Å²) < 4.78 is 0. The Bertz CT molecular complexity index is 549. The zero-order chi connectivity index (χ0) is 15.6. The Morgan fingerprint density at radius 2 is 1.86 bits per heavy atom. The van der Waals surface area contributed by atoms with Gasteiger partial charge in [-0.05, 0) is 26.8 Å². The van der Waals surface area contributed by atoms with Gasteiger partial charge in [0.1, 0.15) is 0 Å². The van der Waals surface area contributed by atoms with E-state index in [0.29, 0.717) is 30.3 Å². The number of carbonyl (C=O) groups excluding carboxylic acids is 1. The molecule has 0 aliphatic carbocycles. The van der Waals surface area contributed by atoms with E-state index in [1.807, 2.05) is 0 Å². The molecule has 6 heteroatoms. The molecule has 1 aromatic rings. The SMILES string of the molecule is Cc1c(C(=O)N2CCN(C(C)C)CC2)cccc1[N+](=O)[O-]. The lowest BCUT2D eigenvalue weighted by Gasteiger charge is -2.37. The van der Waals surface area contributed by atoms with Gasteiger partial charge in [0.2, 0.25) is 0 Å². The molecule has 1 aromatic carbocycles. The molecule has 1 aliphatic rings. The van der Waals surface area contributed by atoms with E-state index in [0.717, 1.165) is 13.1 Å². The van der Waals surface area contributed by atoms with Gasteiger partial charge in [0.05, 0.1) is 4.92 Å². The van der Waals surface area contributed by atoms with Crippen LogP contribution in [0.25, 0.3) is 0 Å². The van der Waals surface area contributed by atoms with E-state index in [-0.39, 0.29) is 11.6 Å². The number of amides is 1. The maximum absolute atomic E-state index is 12.6. The summed E-state index contributed by atoms with van der Waals surface area (Å²) in [6.45, 7) is 8.94. The lowest BCUT2D eigenvalue weighted by atomic mass is 10.1. The molecule has 6 nitrogen and oxygen atoms in total. The monoisotopic (exact) mass is 291 g/mol. The van der Waals surface area contributed by atoms with E-state index in [1.54, 1.807) is 24.0 Å². The summed E-state index contributed by atoms with van der Waals surface area (Å²) in [4.78, 5) is 27.2. The van der Waals surface area contributed by atoms with Crippen molar-refractivity contribution in [2.75, 3.05) is 26.2 Å². The number of hydrogen-bond donors (Lipinski definition) is 0. The Balaban J connectivity index is 2.15. The average Bonchev–Trinajstić information content (AvgIpc) is 2.46. The normalized spacial score (nSPS) is 16.3. The van der Waals surface area contributed by atoms with Crippen molar-refractivity contribution in [2.45, 2.75) is 26.8 Å². The van der Waals surface area contributed by atoms with Gasteiger partial charge in [0, 0.05) is 49.4 Å². The molecule has 0 spiro atoms. The highest BCUT2D eigenvalue weighted by molar-refractivity contribution is 5.96. The zero-order valence-electron chi connectivity index (χ0n) is 12.7. The quantitative estimate of drug-likeness (QED) is 0.631. The fourth-order valence-electron chi connectivity index (χ4n) is 2.66. The maximum Gasteiger partial charge on any atom is 0.273 e. The molecule has 1 amide bonds. The number of hydrogen-bond acceptors (Lipinski definition) is 4. The van der Waals surface area contributed by atoms with Crippen LogP contribution in [-0.2, 0) is 0 Å². The highest BCUT2D eigenvalue weighted by Crippen LogP contribution is 2.22. The molecule has 0 aromatic heterocycles. The highest BCUT2D eigenvalue weighted by atomic mass is 16.6. The standard InChI is InChI=1S/C15H21N3O3/c1-11(2)16-7-9-17(10-8-16)15(19)13-5-4-6-14(12(13)3)18(20)21/h4-6,11H,7-10H2,1-3H3. The summed E-state index contributed by atoms with van der Waals surface area (Å²) in [5.41, 5.74) is 0.877. The third-order valence-electron chi connectivity index (χ3n) is 4.06. The smallest absolute Gasteiger partial charge is 0.273 e. The Labute approximate surface area is 124 Å². The number of benzene rings is 1. The molecule has 21 heavy (non-hydrogen) atoms. The van der Waals surface area contributed by atoms with Crippen molar-refractivity contribution in [3.63, 3.8) is 0 Å². The number of piperazine rings is 1. The highest BCUT2D eigenvalue weighted by Gasteiger charge is 2.26. The lowest BCUT2D eigenvalue weighted by molar-refractivity contribution is -0.385. The van der Waals surface area contributed by atoms with Crippen LogP contribution in [0, 0.1) is 17.0 Å². The van der Waals surface area contributed by atoms with Crippen LogP contribution in [0.3, 0.4) is 0 Å². The van der Waals surface area contributed by atoms with Crippen molar-refractivity contribution in [2.24, 2.45) is 0 Å². The Morgan fingerprint density at radius 1 is 1.24 bits per heavy atom. The van der Waals surface area contributed by atoms with E-state index in [4.69, 9.17) is 0 Å². The largest absolute Gasteiger partial charge is 0.336 e. The molecular formula is C15H21N3O3. The van der Waals surface area contributed by atoms with Crippen LogP contribution < -0.4 is 0 Å². The topological polar surface area (TPSA) is 66.7 Å². The molecule has 0 unspecified atom stereocenters. The van der Waals surface area contributed by atoms with Crippen LogP contribution in [0.4, 0.5) is 5.69 Å². The summed E-state index contributed by atoms with van der Waals surface area (Å²) in [6, 6.07) is 5.15. The molecular weight excluding hydrogens is 270 g/mol. The van der Waals surface area contributed by atoms with Crippen LogP contribution >= 0.6 is 0 Å². The second-order valence-electron chi connectivity index (χ2n) is 5.63. The zero-order valence-corrected chi connectivity index (χ0v) is 12.7. The average molecular weight is 291 g/mol. The predicted molar refractivity (Wildman–Crippen MR) is 80.4 cm³/mol. The molecule has 0 bridgehead atoms. The second kappa shape index (κ2) is 6.22. The van der Waals surface area contributed by atoms with Gasteiger partial charge in [-0.1, -0.05) is 6.07 Å². The van der Waals surface area contributed by atoms with Gasteiger partial charge in [-0.25, -0.2) is 0 Å². The summed E-state index contributed by atoms with van der Waals surface area (Å²) in [5.74, 6) is -0.111. The predicted octanol–water partition coefficient (Wildman–Crippen LogP) is 2.07. The van der Waals surface area contributed by atoms with Crippen molar-refractivity contribution in [3.8, 4) is 0 Å². The molecule has 0 saturated carbocycles.